The van der Waals surface area contributed by atoms with Crippen LogP contribution in [0.2, 0.25) is 0 Å². The Labute approximate surface area is 103 Å². The second-order valence-electron chi connectivity index (χ2n) is 3.62. The van der Waals surface area contributed by atoms with E-state index < -0.39 is 5.97 Å². The highest BCUT2D eigenvalue weighted by atomic mass is 16.5. The molecule has 0 aliphatic carbocycles. The number of carbonyl (C=O) groups excluding carboxylic acids is 1. The van der Waals surface area contributed by atoms with Crippen LogP contribution in [-0.2, 0) is 4.79 Å². The summed E-state index contributed by atoms with van der Waals surface area (Å²) in [4.78, 5) is 21.9. The van der Waals surface area contributed by atoms with Crippen molar-refractivity contribution in [3.8, 4) is 5.75 Å². The minimum Gasteiger partial charge on any atom is -0.494 e. The molecule has 0 heterocycles. The van der Waals surface area contributed by atoms with Gasteiger partial charge in [0, 0.05) is 5.39 Å². The van der Waals surface area contributed by atoms with Crippen molar-refractivity contribution >= 4 is 28.8 Å². The van der Waals surface area contributed by atoms with Gasteiger partial charge in [-0.25, -0.2) is 4.79 Å². The topological polar surface area (TPSA) is 75.6 Å². The van der Waals surface area contributed by atoms with Crippen LogP contribution in [0.4, 0.5) is 5.69 Å². The Balaban J connectivity index is 2.86. The van der Waals surface area contributed by atoms with E-state index in [9.17, 15) is 14.7 Å². The SMILES string of the molecule is COc1c(NC=O)cc2ccccc2c1C(=O)O. The lowest BCUT2D eigenvalue weighted by molar-refractivity contribution is -0.105. The molecule has 2 aromatic carbocycles. The number of nitrogens with one attached hydrogen (secondary N) is 1. The van der Waals surface area contributed by atoms with Gasteiger partial charge in [-0.2, -0.15) is 0 Å². The number of methoxy groups -OCH3 is 1. The fraction of sp³-hybridized carbons (Fsp3) is 0.0769. The van der Waals surface area contributed by atoms with Crippen LogP contribution in [0.25, 0.3) is 10.8 Å². The van der Waals surface area contributed by atoms with Gasteiger partial charge >= 0.3 is 5.97 Å². The number of fused-ring (bicyclic) bond motifs is 1. The summed E-state index contributed by atoms with van der Waals surface area (Å²) < 4.78 is 5.10. The third kappa shape index (κ3) is 1.86. The summed E-state index contributed by atoms with van der Waals surface area (Å²) in [6, 6.07) is 8.70. The summed E-state index contributed by atoms with van der Waals surface area (Å²) in [5.74, 6) is -0.953. The largest absolute Gasteiger partial charge is 0.494 e. The number of carboxylic acid groups (broad SMARTS) is 1. The highest BCUT2D eigenvalue weighted by molar-refractivity contribution is 6.09. The van der Waals surface area contributed by atoms with Crippen LogP contribution in [-0.4, -0.2) is 24.6 Å². The van der Waals surface area contributed by atoms with Crippen LogP contribution in [0.3, 0.4) is 0 Å². The first kappa shape index (κ1) is 11.9. The van der Waals surface area contributed by atoms with Gasteiger partial charge in [0.2, 0.25) is 6.41 Å². The highest BCUT2D eigenvalue weighted by Crippen LogP contribution is 2.35. The molecule has 5 nitrogen and oxygen atoms in total. The summed E-state index contributed by atoms with van der Waals surface area (Å²) in [6.07, 6.45) is 0.484. The molecule has 2 rings (SSSR count). The van der Waals surface area contributed by atoms with E-state index in [-0.39, 0.29) is 11.3 Å². The van der Waals surface area contributed by atoms with Crippen molar-refractivity contribution < 1.29 is 19.4 Å². The standard InChI is InChI=1S/C13H11NO4/c1-18-12-10(14-7-15)6-8-4-2-3-5-9(8)11(12)13(16)17/h2-7H,1H3,(H,14,15)(H,16,17). The van der Waals surface area contributed by atoms with Crippen molar-refractivity contribution in [1.29, 1.82) is 0 Å². The number of aromatic carboxylic acids is 1. The fourth-order valence-corrected chi connectivity index (χ4v) is 1.92. The molecule has 0 spiro atoms. The number of hydrogen-bond donors (Lipinski definition) is 2. The second-order valence-corrected chi connectivity index (χ2v) is 3.62. The molecule has 92 valence electrons. The van der Waals surface area contributed by atoms with Crippen LogP contribution in [0.5, 0.6) is 5.75 Å². The molecule has 0 aliphatic rings. The van der Waals surface area contributed by atoms with Crippen LogP contribution in [0, 0.1) is 0 Å². The van der Waals surface area contributed by atoms with Crippen LogP contribution < -0.4 is 10.1 Å². The maximum Gasteiger partial charge on any atom is 0.340 e. The quantitative estimate of drug-likeness (QED) is 0.809. The van der Waals surface area contributed by atoms with E-state index in [0.717, 1.165) is 5.39 Å². The van der Waals surface area contributed by atoms with Crippen molar-refractivity contribution in [2.24, 2.45) is 0 Å². The molecule has 0 saturated carbocycles. The summed E-state index contributed by atoms with van der Waals surface area (Å²) in [7, 11) is 1.37. The molecule has 2 N–H and O–H groups in total. The van der Waals surface area contributed by atoms with Crippen LogP contribution >= 0.6 is 0 Å². The van der Waals surface area contributed by atoms with Crippen molar-refractivity contribution in [3.63, 3.8) is 0 Å². The third-order valence-electron chi connectivity index (χ3n) is 2.63. The molecule has 0 aromatic heterocycles. The van der Waals surface area contributed by atoms with E-state index in [0.29, 0.717) is 17.5 Å². The second kappa shape index (κ2) is 4.75. The normalized spacial score (nSPS) is 10.1. The summed E-state index contributed by atoms with van der Waals surface area (Å²) >= 11 is 0. The average molecular weight is 245 g/mol. The average Bonchev–Trinajstić information content (AvgIpc) is 2.37. The van der Waals surface area contributed by atoms with Gasteiger partial charge in [0.15, 0.2) is 5.75 Å². The van der Waals surface area contributed by atoms with Gasteiger partial charge in [-0.1, -0.05) is 24.3 Å². The zero-order valence-electron chi connectivity index (χ0n) is 9.64. The van der Waals surface area contributed by atoms with Crippen molar-refractivity contribution in [2.45, 2.75) is 0 Å². The van der Waals surface area contributed by atoms with Gasteiger partial charge in [-0.05, 0) is 11.5 Å². The van der Waals surface area contributed by atoms with Gasteiger partial charge in [0.05, 0.1) is 12.8 Å². The molecule has 18 heavy (non-hydrogen) atoms. The highest BCUT2D eigenvalue weighted by Gasteiger charge is 2.19. The maximum absolute atomic E-state index is 11.4. The van der Waals surface area contributed by atoms with E-state index in [2.05, 4.69) is 5.32 Å². The Morgan fingerprint density at radius 3 is 2.72 bits per heavy atom. The number of rotatable bonds is 4. The summed E-state index contributed by atoms with van der Waals surface area (Å²) in [5, 5.41) is 13.0. The van der Waals surface area contributed by atoms with Gasteiger partial charge in [-0.3, -0.25) is 4.79 Å². The Morgan fingerprint density at radius 2 is 2.11 bits per heavy atom. The van der Waals surface area contributed by atoms with Gasteiger partial charge in [0.1, 0.15) is 5.56 Å². The number of carboxylic acids is 1. The lowest BCUT2D eigenvalue weighted by Gasteiger charge is -2.13. The molecular weight excluding hydrogens is 234 g/mol. The zero-order chi connectivity index (χ0) is 13.1. The van der Waals surface area contributed by atoms with E-state index >= 15 is 0 Å². The van der Waals surface area contributed by atoms with E-state index in [1.54, 1.807) is 30.3 Å². The molecule has 0 unspecified atom stereocenters. The van der Waals surface area contributed by atoms with Crippen LogP contribution in [0.15, 0.2) is 30.3 Å². The molecular formula is C13H11NO4. The molecule has 0 atom stereocenters. The number of carbonyl (C=O) groups is 2. The predicted molar refractivity (Wildman–Crippen MR) is 67.1 cm³/mol. The lowest BCUT2D eigenvalue weighted by atomic mass is 10.0. The lowest BCUT2D eigenvalue weighted by Crippen LogP contribution is -2.06. The number of hydrogen-bond acceptors (Lipinski definition) is 3. The van der Waals surface area contributed by atoms with Crippen molar-refractivity contribution in [2.75, 3.05) is 12.4 Å². The molecule has 0 saturated heterocycles. The van der Waals surface area contributed by atoms with E-state index in [4.69, 9.17) is 4.74 Å². The maximum atomic E-state index is 11.4. The Morgan fingerprint density at radius 1 is 1.39 bits per heavy atom. The predicted octanol–water partition coefficient (Wildman–Crippen LogP) is 2.11. The minimum absolute atomic E-state index is 0.0416. The first-order chi connectivity index (χ1) is 8.69. The molecule has 0 bridgehead atoms. The fourth-order valence-electron chi connectivity index (χ4n) is 1.92. The van der Waals surface area contributed by atoms with E-state index in [1.807, 2.05) is 0 Å². The Bertz CT molecular complexity index is 622. The first-order valence-electron chi connectivity index (χ1n) is 5.22. The molecule has 0 fully saturated rings. The van der Waals surface area contributed by atoms with Crippen LogP contribution in [0.1, 0.15) is 10.4 Å². The van der Waals surface area contributed by atoms with Gasteiger partial charge in [-0.15, -0.1) is 0 Å². The minimum atomic E-state index is -1.10. The number of benzene rings is 2. The first-order valence-corrected chi connectivity index (χ1v) is 5.22. The smallest absolute Gasteiger partial charge is 0.340 e. The number of amides is 1. The van der Waals surface area contributed by atoms with Gasteiger partial charge < -0.3 is 15.2 Å². The van der Waals surface area contributed by atoms with Crippen molar-refractivity contribution in [3.05, 3.63) is 35.9 Å². The Hall–Kier alpha value is -2.56. The zero-order valence-corrected chi connectivity index (χ0v) is 9.64. The Kier molecular flexibility index (Phi) is 3.14. The van der Waals surface area contributed by atoms with E-state index in [1.165, 1.54) is 7.11 Å². The number of anilines is 1. The van der Waals surface area contributed by atoms with Gasteiger partial charge in [0.25, 0.3) is 0 Å². The summed E-state index contributed by atoms with van der Waals surface area (Å²) in [5.41, 5.74) is 0.378. The summed E-state index contributed by atoms with van der Waals surface area (Å²) in [6.45, 7) is 0. The number of ether oxygens (including phenoxy) is 1. The molecule has 2 aromatic rings. The molecule has 5 heteroatoms. The molecule has 0 radical (unpaired) electrons. The molecule has 0 aliphatic heterocycles. The third-order valence-corrected chi connectivity index (χ3v) is 2.63. The monoisotopic (exact) mass is 245 g/mol. The molecule has 1 amide bonds. The van der Waals surface area contributed by atoms with Crippen molar-refractivity contribution in [1.82, 2.24) is 0 Å².